The molecule has 1 rings (SSSR count). The van der Waals surface area contributed by atoms with Gasteiger partial charge in [-0.1, -0.05) is 20.3 Å². The van der Waals surface area contributed by atoms with Gasteiger partial charge in [-0.25, -0.2) is 8.42 Å². The minimum Gasteiger partial charge on any atom is -0.311 e. The first-order chi connectivity index (χ1) is 9.46. The third-order valence-electron chi connectivity index (χ3n) is 4.29. The molecular formula is C16H34N2O2S. The molecule has 1 heterocycles. The molecule has 4 nitrogen and oxygen atoms in total. The molecule has 1 N–H and O–H groups in total. The summed E-state index contributed by atoms with van der Waals surface area (Å²) in [6.45, 7) is 15.8. The Hall–Kier alpha value is -0.130. The summed E-state index contributed by atoms with van der Waals surface area (Å²) in [6.07, 6.45) is 2.31. The predicted octanol–water partition coefficient (Wildman–Crippen LogP) is 2.30. The first kappa shape index (κ1) is 18.9. The first-order valence-electron chi connectivity index (χ1n) is 8.16. The maximum atomic E-state index is 11.7. The van der Waals surface area contributed by atoms with Crippen LogP contribution < -0.4 is 5.32 Å². The molecule has 1 saturated heterocycles. The van der Waals surface area contributed by atoms with Crippen LogP contribution in [0.1, 0.15) is 54.4 Å². The highest BCUT2D eigenvalue weighted by Gasteiger charge is 2.34. The molecule has 0 bridgehead atoms. The van der Waals surface area contributed by atoms with Crippen molar-refractivity contribution in [2.24, 2.45) is 5.41 Å². The summed E-state index contributed by atoms with van der Waals surface area (Å²) < 4.78 is 23.4. The number of hydrogen-bond acceptors (Lipinski definition) is 4. The molecule has 0 aromatic heterocycles. The molecule has 0 aliphatic carbocycles. The minimum atomic E-state index is -2.83. The molecule has 0 aromatic rings. The van der Waals surface area contributed by atoms with Crippen LogP contribution in [-0.4, -0.2) is 56.0 Å². The van der Waals surface area contributed by atoms with E-state index in [1.165, 1.54) is 0 Å². The first-order valence-corrected chi connectivity index (χ1v) is 9.98. The van der Waals surface area contributed by atoms with Gasteiger partial charge in [-0.15, -0.1) is 0 Å². The number of sulfone groups is 1. The second kappa shape index (κ2) is 6.97. The number of nitrogens with one attached hydrogen (secondary N) is 1. The van der Waals surface area contributed by atoms with Crippen LogP contribution in [0.4, 0.5) is 0 Å². The van der Waals surface area contributed by atoms with Gasteiger partial charge in [0.25, 0.3) is 0 Å². The Labute approximate surface area is 131 Å². The summed E-state index contributed by atoms with van der Waals surface area (Å²) in [5.41, 5.74) is 0.309. The maximum absolute atomic E-state index is 11.7. The van der Waals surface area contributed by atoms with E-state index in [4.69, 9.17) is 0 Å². The van der Waals surface area contributed by atoms with E-state index in [0.717, 1.165) is 25.9 Å². The molecule has 21 heavy (non-hydrogen) atoms. The fourth-order valence-corrected chi connectivity index (χ4v) is 4.69. The average Bonchev–Trinajstić information content (AvgIpc) is 2.30. The van der Waals surface area contributed by atoms with Crippen LogP contribution in [0.2, 0.25) is 0 Å². The van der Waals surface area contributed by atoms with Crippen molar-refractivity contribution in [2.45, 2.75) is 66.0 Å². The summed E-state index contributed by atoms with van der Waals surface area (Å²) in [6, 6.07) is 0.134. The largest absolute Gasteiger partial charge is 0.311 e. The molecule has 1 aliphatic rings. The fraction of sp³-hybridized carbons (Fsp3) is 1.00. The lowest BCUT2D eigenvalue weighted by molar-refractivity contribution is 0.119. The van der Waals surface area contributed by atoms with Gasteiger partial charge >= 0.3 is 0 Å². The van der Waals surface area contributed by atoms with Crippen molar-refractivity contribution in [1.29, 1.82) is 0 Å². The lowest BCUT2D eigenvalue weighted by Gasteiger charge is -2.42. The smallest absolute Gasteiger partial charge is 0.153 e. The Morgan fingerprint density at radius 1 is 1.24 bits per heavy atom. The minimum absolute atomic E-state index is 0.117. The Bertz CT molecular complexity index is 428. The highest BCUT2D eigenvalue weighted by atomic mass is 32.2. The van der Waals surface area contributed by atoms with E-state index >= 15 is 0 Å². The van der Waals surface area contributed by atoms with Gasteiger partial charge in [0.2, 0.25) is 0 Å². The highest BCUT2D eigenvalue weighted by molar-refractivity contribution is 7.91. The average molecular weight is 319 g/mol. The highest BCUT2D eigenvalue weighted by Crippen LogP contribution is 2.27. The summed E-state index contributed by atoms with van der Waals surface area (Å²) in [4.78, 5) is 2.36. The van der Waals surface area contributed by atoms with Crippen LogP contribution in [0.15, 0.2) is 0 Å². The molecule has 5 heteroatoms. The van der Waals surface area contributed by atoms with Crippen molar-refractivity contribution >= 4 is 9.84 Å². The summed E-state index contributed by atoms with van der Waals surface area (Å²) in [5.74, 6) is 0.619. The SMILES string of the molecule is CCCC(C)(CNC(C)(C)C)CN1CCS(=O)(=O)CC1C. The Morgan fingerprint density at radius 2 is 1.86 bits per heavy atom. The van der Waals surface area contributed by atoms with E-state index in [9.17, 15) is 8.42 Å². The van der Waals surface area contributed by atoms with E-state index in [1.807, 2.05) is 6.92 Å². The maximum Gasteiger partial charge on any atom is 0.153 e. The summed E-state index contributed by atoms with van der Waals surface area (Å²) >= 11 is 0. The topological polar surface area (TPSA) is 49.4 Å². The molecule has 0 radical (unpaired) electrons. The summed E-state index contributed by atoms with van der Waals surface area (Å²) in [5, 5.41) is 3.62. The van der Waals surface area contributed by atoms with Gasteiger partial charge in [0.05, 0.1) is 11.5 Å². The zero-order valence-electron chi connectivity index (χ0n) is 14.7. The van der Waals surface area contributed by atoms with Crippen LogP contribution in [-0.2, 0) is 9.84 Å². The predicted molar refractivity (Wildman–Crippen MR) is 90.5 cm³/mol. The van der Waals surface area contributed by atoms with E-state index in [1.54, 1.807) is 0 Å². The normalized spacial score (nSPS) is 26.5. The van der Waals surface area contributed by atoms with Gasteiger partial charge in [0.15, 0.2) is 9.84 Å². The molecule has 126 valence electrons. The Balaban J connectivity index is 2.69. The lowest BCUT2D eigenvalue weighted by Crippen LogP contribution is -2.53. The van der Waals surface area contributed by atoms with Crippen molar-refractivity contribution in [3.8, 4) is 0 Å². The quantitative estimate of drug-likeness (QED) is 0.816. The van der Waals surface area contributed by atoms with Crippen molar-refractivity contribution in [3.63, 3.8) is 0 Å². The molecule has 2 atom stereocenters. The van der Waals surface area contributed by atoms with Crippen LogP contribution in [0.3, 0.4) is 0 Å². The van der Waals surface area contributed by atoms with Gasteiger partial charge in [-0.2, -0.15) is 0 Å². The lowest BCUT2D eigenvalue weighted by atomic mass is 9.83. The molecule has 2 unspecified atom stereocenters. The second-order valence-electron chi connectivity index (χ2n) is 8.10. The number of hydrogen-bond donors (Lipinski definition) is 1. The molecule has 0 spiro atoms. The zero-order valence-corrected chi connectivity index (χ0v) is 15.5. The summed E-state index contributed by atoms with van der Waals surface area (Å²) in [7, 11) is -2.83. The van der Waals surface area contributed by atoms with E-state index in [2.05, 4.69) is 44.8 Å². The fourth-order valence-electron chi connectivity index (χ4n) is 3.06. The molecular weight excluding hydrogens is 284 g/mol. The van der Waals surface area contributed by atoms with E-state index in [-0.39, 0.29) is 17.0 Å². The van der Waals surface area contributed by atoms with Crippen molar-refractivity contribution in [1.82, 2.24) is 10.2 Å². The number of nitrogens with zero attached hydrogens (tertiary/aromatic N) is 1. The number of rotatable bonds is 6. The van der Waals surface area contributed by atoms with Gasteiger partial charge in [0, 0.05) is 31.2 Å². The molecule has 1 aliphatic heterocycles. The van der Waals surface area contributed by atoms with Crippen molar-refractivity contribution in [3.05, 3.63) is 0 Å². The van der Waals surface area contributed by atoms with Gasteiger partial charge < -0.3 is 5.32 Å². The zero-order chi connectivity index (χ0) is 16.3. The second-order valence-corrected chi connectivity index (χ2v) is 10.3. The van der Waals surface area contributed by atoms with Crippen molar-refractivity contribution in [2.75, 3.05) is 31.1 Å². The Morgan fingerprint density at radius 3 is 2.33 bits per heavy atom. The molecule has 1 fully saturated rings. The Kier molecular flexibility index (Phi) is 6.28. The van der Waals surface area contributed by atoms with Crippen LogP contribution in [0, 0.1) is 5.41 Å². The van der Waals surface area contributed by atoms with Crippen molar-refractivity contribution < 1.29 is 8.42 Å². The standard InChI is InChI=1S/C16H34N2O2S/c1-7-8-16(6,12-17-15(3,4)5)13-18-9-10-21(19,20)11-14(18)2/h14,17H,7-13H2,1-6H3. The monoisotopic (exact) mass is 318 g/mol. The third-order valence-corrected chi connectivity index (χ3v) is 6.09. The molecule has 0 saturated carbocycles. The molecule has 0 amide bonds. The third kappa shape index (κ3) is 6.66. The van der Waals surface area contributed by atoms with Crippen LogP contribution >= 0.6 is 0 Å². The van der Waals surface area contributed by atoms with Gasteiger partial charge in [-0.3, -0.25) is 4.90 Å². The van der Waals surface area contributed by atoms with Gasteiger partial charge in [0.1, 0.15) is 0 Å². The van der Waals surface area contributed by atoms with E-state index < -0.39 is 9.84 Å². The van der Waals surface area contributed by atoms with Crippen LogP contribution in [0.5, 0.6) is 0 Å². The molecule has 0 aromatic carbocycles. The van der Waals surface area contributed by atoms with Gasteiger partial charge in [-0.05, 0) is 39.5 Å². The van der Waals surface area contributed by atoms with Crippen LogP contribution in [0.25, 0.3) is 0 Å². The van der Waals surface area contributed by atoms with E-state index in [0.29, 0.717) is 18.1 Å².